The summed E-state index contributed by atoms with van der Waals surface area (Å²) in [5.41, 5.74) is 1.14. The molecule has 1 aromatic heterocycles. The summed E-state index contributed by atoms with van der Waals surface area (Å²) in [6.45, 7) is 6.20. The number of aromatic nitrogens is 1. The lowest BCUT2D eigenvalue weighted by Gasteiger charge is -2.25. The van der Waals surface area contributed by atoms with Gasteiger partial charge in [-0.3, -0.25) is 14.5 Å². The lowest BCUT2D eigenvalue weighted by Crippen LogP contribution is -2.41. The molecule has 26 heavy (non-hydrogen) atoms. The molecule has 7 heteroatoms. The van der Waals surface area contributed by atoms with Crippen LogP contribution in [0, 0.1) is 11.3 Å². The number of nitrogens with zero attached hydrogens (tertiary/aromatic N) is 3. The molecule has 2 atom stereocenters. The van der Waals surface area contributed by atoms with Gasteiger partial charge in [-0.25, -0.2) is 0 Å². The van der Waals surface area contributed by atoms with Crippen LogP contribution in [0.5, 0.6) is 0 Å². The smallest absolute Gasteiger partial charge is 0.312 e. The number of ketones is 1. The monoisotopic (exact) mass is 379 g/mol. The van der Waals surface area contributed by atoms with Gasteiger partial charge in [0, 0.05) is 63.1 Å². The van der Waals surface area contributed by atoms with Gasteiger partial charge in [0.1, 0.15) is 0 Å². The predicted molar refractivity (Wildman–Crippen MR) is 104 cm³/mol. The largest absolute Gasteiger partial charge is 0.481 e. The fraction of sp³-hybridized carbons (Fsp3) is 0.684. The highest BCUT2D eigenvalue weighted by atomic mass is 32.2. The standard InChI is InChI=1S/C19H29N3O3S/c1-14(23)15-7-17(20(2)8-15)11-22-10-16-9-21(5-4-6-26-3)12-19(16,13-22)18(24)25/h7-8,16H,4-6,9-13H2,1-3H3,(H,24,25)/t16-,19-/m1/s1. The maximum atomic E-state index is 12.1. The number of thioether (sulfide) groups is 1. The van der Waals surface area contributed by atoms with E-state index in [-0.39, 0.29) is 11.7 Å². The van der Waals surface area contributed by atoms with Gasteiger partial charge in [0.15, 0.2) is 5.78 Å². The molecule has 2 saturated heterocycles. The molecule has 2 aliphatic heterocycles. The van der Waals surface area contributed by atoms with Gasteiger partial charge in [0.2, 0.25) is 0 Å². The van der Waals surface area contributed by atoms with Crippen molar-refractivity contribution >= 4 is 23.5 Å². The SMILES string of the molecule is CSCCCN1C[C@@H]2CN(Cc3cc(C(C)=O)cn3C)C[C@]2(C(=O)O)C1. The van der Waals surface area contributed by atoms with Gasteiger partial charge in [-0.15, -0.1) is 0 Å². The van der Waals surface area contributed by atoms with E-state index in [0.717, 1.165) is 43.1 Å². The number of fused-ring (bicyclic) bond motifs is 1. The fourth-order valence-corrected chi connectivity index (χ4v) is 4.91. The van der Waals surface area contributed by atoms with Gasteiger partial charge >= 0.3 is 5.97 Å². The number of rotatable bonds is 8. The number of carboxylic acids is 1. The zero-order valence-electron chi connectivity index (χ0n) is 15.9. The Kier molecular flexibility index (Phi) is 5.79. The van der Waals surface area contributed by atoms with Crippen LogP contribution in [0.15, 0.2) is 12.3 Å². The number of aliphatic carboxylic acids is 1. The molecular formula is C19H29N3O3S. The summed E-state index contributed by atoms with van der Waals surface area (Å²) in [6, 6.07) is 1.93. The van der Waals surface area contributed by atoms with E-state index in [1.54, 1.807) is 6.92 Å². The minimum atomic E-state index is -0.659. The van der Waals surface area contributed by atoms with Crippen molar-refractivity contribution in [2.75, 3.05) is 44.7 Å². The third kappa shape index (κ3) is 3.70. The molecular weight excluding hydrogens is 350 g/mol. The van der Waals surface area contributed by atoms with Crippen LogP contribution in [0.4, 0.5) is 0 Å². The second-order valence-electron chi connectivity index (χ2n) is 7.80. The number of aryl methyl sites for hydroxylation is 1. The summed E-state index contributed by atoms with van der Waals surface area (Å²) in [5, 5.41) is 9.97. The molecule has 0 spiro atoms. The number of hydrogen-bond donors (Lipinski definition) is 1. The maximum Gasteiger partial charge on any atom is 0.312 e. The van der Waals surface area contributed by atoms with Crippen molar-refractivity contribution in [2.24, 2.45) is 18.4 Å². The first-order valence-electron chi connectivity index (χ1n) is 9.19. The highest BCUT2D eigenvalue weighted by molar-refractivity contribution is 7.98. The van der Waals surface area contributed by atoms with Crippen LogP contribution in [0.1, 0.15) is 29.4 Å². The zero-order chi connectivity index (χ0) is 18.9. The van der Waals surface area contributed by atoms with Gasteiger partial charge in [-0.1, -0.05) is 0 Å². The first-order valence-corrected chi connectivity index (χ1v) is 10.6. The Morgan fingerprint density at radius 1 is 1.31 bits per heavy atom. The number of hydrogen-bond acceptors (Lipinski definition) is 5. The van der Waals surface area contributed by atoms with Crippen LogP contribution in [0.25, 0.3) is 0 Å². The van der Waals surface area contributed by atoms with Gasteiger partial charge in [-0.2, -0.15) is 11.8 Å². The van der Waals surface area contributed by atoms with Gasteiger partial charge in [0.25, 0.3) is 0 Å². The van der Waals surface area contributed by atoms with Crippen LogP contribution in [0.2, 0.25) is 0 Å². The Morgan fingerprint density at radius 2 is 2.00 bits per heavy atom. The summed E-state index contributed by atoms with van der Waals surface area (Å²) < 4.78 is 1.98. The van der Waals surface area contributed by atoms with Crippen molar-refractivity contribution in [3.8, 4) is 0 Å². The Labute approximate surface area is 159 Å². The Bertz CT molecular complexity index is 690. The molecule has 6 nitrogen and oxygen atoms in total. The van der Waals surface area contributed by atoms with Gasteiger partial charge < -0.3 is 14.6 Å². The molecule has 0 aliphatic carbocycles. The summed E-state index contributed by atoms with van der Waals surface area (Å²) >= 11 is 1.84. The van der Waals surface area contributed by atoms with E-state index in [1.807, 2.05) is 35.6 Å². The Morgan fingerprint density at radius 3 is 2.58 bits per heavy atom. The third-order valence-corrected chi connectivity index (χ3v) is 6.60. The van der Waals surface area contributed by atoms with Crippen molar-refractivity contribution < 1.29 is 14.7 Å². The van der Waals surface area contributed by atoms with Crippen LogP contribution in [0.3, 0.4) is 0 Å². The fourth-order valence-electron chi connectivity index (χ4n) is 4.49. The summed E-state index contributed by atoms with van der Waals surface area (Å²) in [7, 11) is 1.94. The van der Waals surface area contributed by atoms with Crippen molar-refractivity contribution in [1.82, 2.24) is 14.4 Å². The molecule has 3 heterocycles. The van der Waals surface area contributed by atoms with Crippen molar-refractivity contribution in [2.45, 2.75) is 19.9 Å². The Balaban J connectivity index is 1.66. The molecule has 3 rings (SSSR count). The molecule has 2 aliphatic rings. The predicted octanol–water partition coefficient (Wildman–Crippen LogP) is 1.80. The highest BCUT2D eigenvalue weighted by Crippen LogP contribution is 2.43. The zero-order valence-corrected chi connectivity index (χ0v) is 16.7. The molecule has 144 valence electrons. The summed E-state index contributed by atoms with van der Waals surface area (Å²) in [6.07, 6.45) is 5.08. The molecule has 0 saturated carbocycles. The van der Waals surface area contributed by atoms with Crippen LogP contribution >= 0.6 is 11.8 Å². The number of carbonyl (C=O) groups is 2. The molecule has 0 radical (unpaired) electrons. The first-order chi connectivity index (χ1) is 12.4. The summed E-state index contributed by atoms with van der Waals surface area (Å²) in [4.78, 5) is 28.3. The molecule has 2 fully saturated rings. The molecule has 0 aromatic carbocycles. The van der Waals surface area contributed by atoms with E-state index in [1.165, 1.54) is 0 Å². The number of Topliss-reactive ketones (excluding diaryl/α,β-unsaturated/α-hetero) is 1. The second kappa shape index (κ2) is 7.74. The normalized spacial score (nSPS) is 26.3. The summed E-state index contributed by atoms with van der Waals surface area (Å²) in [5.74, 6) is 0.711. The lowest BCUT2D eigenvalue weighted by molar-refractivity contribution is -0.148. The van der Waals surface area contributed by atoms with Gasteiger partial charge in [-0.05, 0) is 38.0 Å². The number of likely N-dealkylation sites (tertiary alicyclic amines) is 2. The third-order valence-electron chi connectivity index (χ3n) is 5.90. The quantitative estimate of drug-likeness (QED) is 0.549. The number of carbonyl (C=O) groups excluding carboxylic acids is 1. The number of carboxylic acid groups (broad SMARTS) is 1. The highest BCUT2D eigenvalue weighted by Gasteiger charge is 2.57. The topological polar surface area (TPSA) is 65.8 Å². The lowest BCUT2D eigenvalue weighted by atomic mass is 9.81. The van der Waals surface area contributed by atoms with E-state index < -0.39 is 11.4 Å². The first kappa shape index (κ1) is 19.5. The van der Waals surface area contributed by atoms with Crippen LogP contribution in [-0.4, -0.2) is 76.0 Å². The maximum absolute atomic E-state index is 12.1. The minimum absolute atomic E-state index is 0.0630. The van der Waals surface area contributed by atoms with Gasteiger partial charge in [0.05, 0.1) is 5.41 Å². The Hall–Kier alpha value is -1.31. The van der Waals surface area contributed by atoms with Crippen LogP contribution < -0.4 is 0 Å². The molecule has 0 unspecified atom stereocenters. The second-order valence-corrected chi connectivity index (χ2v) is 8.78. The minimum Gasteiger partial charge on any atom is -0.481 e. The van der Waals surface area contributed by atoms with E-state index >= 15 is 0 Å². The molecule has 0 amide bonds. The molecule has 1 aromatic rings. The van der Waals surface area contributed by atoms with E-state index in [2.05, 4.69) is 16.1 Å². The van der Waals surface area contributed by atoms with Crippen molar-refractivity contribution in [3.63, 3.8) is 0 Å². The molecule has 0 bridgehead atoms. The van der Waals surface area contributed by atoms with E-state index in [9.17, 15) is 14.7 Å². The van der Waals surface area contributed by atoms with E-state index in [4.69, 9.17) is 0 Å². The van der Waals surface area contributed by atoms with Crippen molar-refractivity contribution in [1.29, 1.82) is 0 Å². The average molecular weight is 380 g/mol. The molecule has 1 N–H and O–H groups in total. The van der Waals surface area contributed by atoms with Crippen LogP contribution in [-0.2, 0) is 18.4 Å². The average Bonchev–Trinajstić information content (AvgIpc) is 3.19. The van der Waals surface area contributed by atoms with Crippen molar-refractivity contribution in [3.05, 3.63) is 23.5 Å². The van der Waals surface area contributed by atoms with E-state index in [0.29, 0.717) is 19.6 Å².